The summed E-state index contributed by atoms with van der Waals surface area (Å²) in [4.78, 5) is 15.2. The summed E-state index contributed by atoms with van der Waals surface area (Å²) in [5, 5.41) is 3.11. The summed E-state index contributed by atoms with van der Waals surface area (Å²) in [6, 6.07) is 15.9. The van der Waals surface area contributed by atoms with Crippen LogP contribution in [0.25, 0.3) is 6.08 Å². The van der Waals surface area contributed by atoms with Gasteiger partial charge in [-0.3, -0.25) is 9.69 Å². The van der Waals surface area contributed by atoms with E-state index in [2.05, 4.69) is 22.3 Å². The number of hydrogen-bond acceptors (Lipinski definition) is 5. The number of benzene rings is 2. The zero-order chi connectivity index (χ0) is 20.1. The van der Waals surface area contributed by atoms with Gasteiger partial charge in [0.1, 0.15) is 18.1 Å². The van der Waals surface area contributed by atoms with Crippen LogP contribution in [0.3, 0.4) is 0 Å². The molecule has 0 radical (unpaired) electrons. The van der Waals surface area contributed by atoms with E-state index in [0.29, 0.717) is 25.3 Å². The molecule has 2 aliphatic rings. The lowest BCUT2D eigenvalue weighted by Crippen LogP contribution is -2.44. The van der Waals surface area contributed by atoms with Crippen LogP contribution >= 0.6 is 0 Å². The van der Waals surface area contributed by atoms with Crippen molar-refractivity contribution in [1.29, 1.82) is 0 Å². The van der Waals surface area contributed by atoms with Gasteiger partial charge in [0, 0.05) is 25.2 Å². The monoisotopic (exact) mass is 394 g/mol. The lowest BCUT2D eigenvalue weighted by atomic mass is 10.0. The summed E-state index contributed by atoms with van der Waals surface area (Å²) in [7, 11) is 1.66. The van der Waals surface area contributed by atoms with Gasteiger partial charge in [0.15, 0.2) is 0 Å². The number of rotatable bonds is 6. The highest BCUT2D eigenvalue weighted by molar-refractivity contribution is 5.99. The third-order valence-corrected chi connectivity index (χ3v) is 5.37. The topological polar surface area (TPSA) is 60.0 Å². The van der Waals surface area contributed by atoms with Crippen LogP contribution in [0.4, 0.5) is 0 Å². The number of hydrogen-bond donors (Lipinski definition) is 1. The Morgan fingerprint density at radius 1 is 1.14 bits per heavy atom. The molecular weight excluding hydrogens is 368 g/mol. The van der Waals surface area contributed by atoms with Crippen molar-refractivity contribution in [2.45, 2.75) is 6.04 Å². The van der Waals surface area contributed by atoms with E-state index in [1.165, 1.54) is 0 Å². The lowest BCUT2D eigenvalue weighted by Gasteiger charge is -2.35. The average Bonchev–Trinajstić information content (AvgIpc) is 2.80. The molecule has 1 atom stereocenters. The fourth-order valence-corrected chi connectivity index (χ4v) is 3.72. The molecular formula is C23H26N2O4. The summed E-state index contributed by atoms with van der Waals surface area (Å²) >= 11 is 0. The van der Waals surface area contributed by atoms with Gasteiger partial charge in [0.2, 0.25) is 0 Å². The second kappa shape index (κ2) is 9.11. The molecule has 2 aliphatic heterocycles. The van der Waals surface area contributed by atoms with Crippen molar-refractivity contribution >= 4 is 12.0 Å². The van der Waals surface area contributed by atoms with Crippen molar-refractivity contribution < 1.29 is 19.0 Å². The fourth-order valence-electron chi connectivity index (χ4n) is 3.72. The van der Waals surface area contributed by atoms with Gasteiger partial charge in [-0.2, -0.15) is 0 Å². The van der Waals surface area contributed by atoms with Gasteiger partial charge in [-0.05, 0) is 29.8 Å². The maximum Gasteiger partial charge on any atom is 0.250 e. The molecule has 1 amide bonds. The smallest absolute Gasteiger partial charge is 0.250 e. The fraction of sp³-hybridized carbons (Fsp3) is 0.348. The van der Waals surface area contributed by atoms with E-state index in [0.717, 1.165) is 35.7 Å². The zero-order valence-corrected chi connectivity index (χ0v) is 16.6. The van der Waals surface area contributed by atoms with Crippen LogP contribution in [0, 0.1) is 0 Å². The third kappa shape index (κ3) is 4.60. The standard InChI is InChI=1S/C23H26N2O4/c1-27-20-8-6-17(7-9-20)21(25-10-12-28-13-11-25)15-24-23(26)19-14-18-4-2-3-5-22(18)29-16-19/h2-9,14,21H,10-13,15-16H2,1H3,(H,24,26). The first-order chi connectivity index (χ1) is 14.2. The van der Waals surface area contributed by atoms with E-state index in [1.54, 1.807) is 7.11 Å². The Balaban J connectivity index is 1.47. The first-order valence-corrected chi connectivity index (χ1v) is 9.91. The third-order valence-electron chi connectivity index (χ3n) is 5.37. The SMILES string of the molecule is COc1ccc(C(CNC(=O)C2=Cc3ccccc3OC2)N2CCOCC2)cc1. The highest BCUT2D eigenvalue weighted by Crippen LogP contribution is 2.27. The number of methoxy groups -OCH3 is 1. The van der Waals surface area contributed by atoms with Crippen LogP contribution in [0.1, 0.15) is 17.2 Å². The Bertz CT molecular complexity index is 873. The number of ether oxygens (including phenoxy) is 3. The van der Waals surface area contributed by atoms with E-state index in [1.807, 2.05) is 42.5 Å². The molecule has 0 aromatic heterocycles. The first kappa shape index (κ1) is 19.5. The van der Waals surface area contributed by atoms with E-state index in [4.69, 9.17) is 14.2 Å². The Hall–Kier alpha value is -2.83. The van der Waals surface area contributed by atoms with Crippen molar-refractivity contribution in [2.24, 2.45) is 0 Å². The molecule has 6 nitrogen and oxygen atoms in total. The quantitative estimate of drug-likeness (QED) is 0.816. The highest BCUT2D eigenvalue weighted by Gasteiger charge is 2.24. The van der Waals surface area contributed by atoms with Gasteiger partial charge >= 0.3 is 0 Å². The van der Waals surface area contributed by atoms with Crippen LogP contribution < -0.4 is 14.8 Å². The summed E-state index contributed by atoms with van der Waals surface area (Å²) in [6.45, 7) is 3.89. The van der Waals surface area contributed by atoms with Gasteiger partial charge < -0.3 is 19.5 Å². The zero-order valence-electron chi connectivity index (χ0n) is 16.6. The molecule has 0 saturated carbocycles. The Morgan fingerprint density at radius 2 is 1.90 bits per heavy atom. The van der Waals surface area contributed by atoms with Gasteiger partial charge in [0.05, 0.1) is 31.9 Å². The number of carbonyl (C=O) groups excluding carboxylic acids is 1. The van der Waals surface area contributed by atoms with Gasteiger partial charge in [0.25, 0.3) is 5.91 Å². The van der Waals surface area contributed by atoms with Crippen LogP contribution in [-0.4, -0.2) is 57.4 Å². The molecule has 0 bridgehead atoms. The number of fused-ring (bicyclic) bond motifs is 1. The molecule has 4 rings (SSSR count). The van der Waals surface area contributed by atoms with Crippen LogP contribution in [0.5, 0.6) is 11.5 Å². The molecule has 0 spiro atoms. The number of carbonyl (C=O) groups is 1. The van der Waals surface area contributed by atoms with Crippen LogP contribution in [-0.2, 0) is 9.53 Å². The number of nitrogens with zero attached hydrogens (tertiary/aromatic N) is 1. The molecule has 1 N–H and O–H groups in total. The van der Waals surface area contributed by atoms with Crippen molar-refractivity contribution in [2.75, 3.05) is 46.6 Å². The minimum Gasteiger partial charge on any atom is -0.497 e. The second-order valence-corrected chi connectivity index (χ2v) is 7.14. The van der Waals surface area contributed by atoms with E-state index < -0.39 is 0 Å². The van der Waals surface area contributed by atoms with Crippen molar-refractivity contribution in [3.8, 4) is 11.5 Å². The Kier molecular flexibility index (Phi) is 6.12. The first-order valence-electron chi connectivity index (χ1n) is 9.91. The number of morpholine rings is 1. The molecule has 1 saturated heterocycles. The molecule has 1 unspecified atom stereocenters. The van der Waals surface area contributed by atoms with Gasteiger partial charge in [-0.25, -0.2) is 0 Å². The van der Waals surface area contributed by atoms with Crippen molar-refractivity contribution in [3.63, 3.8) is 0 Å². The number of amides is 1. The summed E-state index contributed by atoms with van der Waals surface area (Å²) in [5.41, 5.74) is 2.72. The lowest BCUT2D eigenvalue weighted by molar-refractivity contribution is -0.118. The van der Waals surface area contributed by atoms with Crippen molar-refractivity contribution in [3.05, 3.63) is 65.2 Å². The summed E-state index contributed by atoms with van der Waals surface area (Å²) < 4.78 is 16.5. The van der Waals surface area contributed by atoms with Gasteiger partial charge in [-0.1, -0.05) is 30.3 Å². The molecule has 152 valence electrons. The molecule has 6 heteroatoms. The molecule has 2 heterocycles. The van der Waals surface area contributed by atoms with Gasteiger partial charge in [-0.15, -0.1) is 0 Å². The van der Waals surface area contributed by atoms with Crippen LogP contribution in [0.2, 0.25) is 0 Å². The normalized spacial score (nSPS) is 17.5. The predicted molar refractivity (Wildman–Crippen MR) is 111 cm³/mol. The molecule has 0 aliphatic carbocycles. The predicted octanol–water partition coefficient (Wildman–Crippen LogP) is 2.66. The number of nitrogens with one attached hydrogen (secondary N) is 1. The van der Waals surface area contributed by atoms with E-state index >= 15 is 0 Å². The Labute approximate surface area is 171 Å². The maximum absolute atomic E-state index is 12.8. The molecule has 2 aromatic rings. The second-order valence-electron chi connectivity index (χ2n) is 7.14. The molecule has 29 heavy (non-hydrogen) atoms. The summed E-state index contributed by atoms with van der Waals surface area (Å²) in [6.07, 6.45) is 1.91. The van der Waals surface area contributed by atoms with Crippen LogP contribution in [0.15, 0.2) is 54.1 Å². The van der Waals surface area contributed by atoms with E-state index in [-0.39, 0.29) is 18.6 Å². The van der Waals surface area contributed by atoms with E-state index in [9.17, 15) is 4.79 Å². The highest BCUT2D eigenvalue weighted by atomic mass is 16.5. The molecule has 2 aromatic carbocycles. The van der Waals surface area contributed by atoms with Crippen molar-refractivity contribution in [1.82, 2.24) is 10.2 Å². The largest absolute Gasteiger partial charge is 0.497 e. The maximum atomic E-state index is 12.8. The average molecular weight is 394 g/mol. The minimum absolute atomic E-state index is 0.0751. The minimum atomic E-state index is -0.0914. The Morgan fingerprint density at radius 3 is 2.66 bits per heavy atom. The summed E-state index contributed by atoms with van der Waals surface area (Å²) in [5.74, 6) is 1.54. The number of para-hydroxylation sites is 1. The molecule has 1 fully saturated rings.